The summed E-state index contributed by atoms with van der Waals surface area (Å²) in [4.78, 5) is 0. The van der Waals surface area contributed by atoms with E-state index in [4.69, 9.17) is 4.74 Å². The second kappa shape index (κ2) is 6.24. The maximum atomic E-state index is 9.75. The number of halogens is 1. The Labute approximate surface area is 119 Å². The molecule has 98 valence electrons. The molecule has 2 rings (SSSR count). The van der Waals surface area contributed by atoms with Crippen LogP contribution in [-0.2, 0) is 0 Å². The Morgan fingerprint density at radius 3 is 2.63 bits per heavy atom. The largest absolute Gasteiger partial charge is 0.504 e. The van der Waals surface area contributed by atoms with Gasteiger partial charge in [-0.05, 0) is 45.8 Å². The summed E-state index contributed by atoms with van der Waals surface area (Å²) in [6, 6.07) is 13.0. The molecule has 0 aliphatic heterocycles. The van der Waals surface area contributed by atoms with Crippen molar-refractivity contribution in [2.75, 3.05) is 12.5 Å². The third-order valence-electron chi connectivity index (χ3n) is 2.43. The molecule has 0 radical (unpaired) electrons. The Morgan fingerprint density at radius 2 is 2.00 bits per heavy atom. The van der Waals surface area contributed by atoms with Crippen LogP contribution in [0.1, 0.15) is 5.56 Å². The van der Waals surface area contributed by atoms with Gasteiger partial charge in [0.1, 0.15) is 0 Å². The van der Waals surface area contributed by atoms with E-state index >= 15 is 0 Å². The number of aromatic hydroxyl groups is 1. The molecule has 5 heteroatoms. The molecule has 0 heterocycles. The van der Waals surface area contributed by atoms with Crippen LogP contribution in [0.5, 0.6) is 11.5 Å². The fourth-order valence-corrected chi connectivity index (χ4v) is 2.20. The Hall–Kier alpha value is -2.01. The van der Waals surface area contributed by atoms with Gasteiger partial charge in [0, 0.05) is 0 Å². The van der Waals surface area contributed by atoms with E-state index in [1.54, 1.807) is 12.3 Å². The molecule has 0 amide bonds. The Morgan fingerprint density at radius 1 is 1.26 bits per heavy atom. The molecule has 0 aliphatic carbocycles. The smallest absolute Gasteiger partial charge is 0.174 e. The average Bonchev–Trinajstić information content (AvgIpc) is 2.40. The number of rotatable bonds is 4. The molecule has 0 saturated heterocycles. The number of benzene rings is 2. The monoisotopic (exact) mass is 320 g/mol. The molecule has 0 fully saturated rings. The summed E-state index contributed by atoms with van der Waals surface area (Å²) in [5.74, 6) is 0.478. The van der Waals surface area contributed by atoms with E-state index in [2.05, 4.69) is 26.5 Å². The third-order valence-corrected chi connectivity index (χ3v) is 3.02. The van der Waals surface area contributed by atoms with Crippen molar-refractivity contribution in [2.24, 2.45) is 5.10 Å². The van der Waals surface area contributed by atoms with Crippen LogP contribution in [0.4, 0.5) is 5.69 Å². The van der Waals surface area contributed by atoms with Crippen molar-refractivity contribution in [3.63, 3.8) is 0 Å². The van der Waals surface area contributed by atoms with Gasteiger partial charge in [0.05, 0.1) is 23.5 Å². The number of ether oxygens (including phenoxy) is 1. The molecule has 0 atom stereocenters. The van der Waals surface area contributed by atoms with E-state index in [0.29, 0.717) is 10.2 Å². The number of hydrogen-bond donors (Lipinski definition) is 2. The molecule has 0 unspecified atom stereocenters. The summed E-state index contributed by atoms with van der Waals surface area (Å²) in [5, 5.41) is 13.9. The molecule has 0 bridgehead atoms. The fourth-order valence-electron chi connectivity index (χ4n) is 1.57. The highest BCUT2D eigenvalue weighted by Gasteiger charge is 2.07. The molecule has 2 aromatic rings. The normalized spacial score (nSPS) is 10.6. The Balaban J connectivity index is 2.11. The predicted molar refractivity (Wildman–Crippen MR) is 80.0 cm³/mol. The van der Waals surface area contributed by atoms with Crippen molar-refractivity contribution in [1.82, 2.24) is 0 Å². The van der Waals surface area contributed by atoms with Gasteiger partial charge in [-0.25, -0.2) is 0 Å². The number of hydrogen-bond acceptors (Lipinski definition) is 4. The van der Waals surface area contributed by atoms with Gasteiger partial charge in [-0.2, -0.15) is 5.10 Å². The van der Waals surface area contributed by atoms with Crippen LogP contribution in [0.15, 0.2) is 52.0 Å². The first-order chi connectivity index (χ1) is 9.20. The lowest BCUT2D eigenvalue weighted by molar-refractivity contribution is 0.371. The summed E-state index contributed by atoms with van der Waals surface area (Å²) in [6.45, 7) is 0. The SMILES string of the molecule is COc1c(O)cc(C=NNc2ccccc2)cc1Br. The van der Waals surface area contributed by atoms with E-state index in [1.807, 2.05) is 36.4 Å². The number of phenolic OH excluding ortho intramolecular Hbond substituents is 1. The van der Waals surface area contributed by atoms with E-state index < -0.39 is 0 Å². The highest BCUT2D eigenvalue weighted by molar-refractivity contribution is 9.10. The number of methoxy groups -OCH3 is 1. The fraction of sp³-hybridized carbons (Fsp3) is 0.0714. The van der Waals surface area contributed by atoms with Gasteiger partial charge >= 0.3 is 0 Å². The first kappa shape index (κ1) is 13.4. The second-order valence-corrected chi connectivity index (χ2v) is 4.65. The summed E-state index contributed by atoms with van der Waals surface area (Å²) in [5.41, 5.74) is 4.56. The van der Waals surface area contributed by atoms with Gasteiger partial charge < -0.3 is 9.84 Å². The van der Waals surface area contributed by atoms with Crippen molar-refractivity contribution in [2.45, 2.75) is 0 Å². The van der Waals surface area contributed by atoms with Crippen molar-refractivity contribution in [3.05, 3.63) is 52.5 Å². The first-order valence-electron chi connectivity index (χ1n) is 5.61. The minimum absolute atomic E-state index is 0.0676. The number of hydrazone groups is 1. The van der Waals surface area contributed by atoms with Crippen LogP contribution in [0.25, 0.3) is 0 Å². The summed E-state index contributed by atoms with van der Waals surface area (Å²) in [6.07, 6.45) is 1.62. The number of anilines is 1. The maximum absolute atomic E-state index is 9.75. The zero-order valence-electron chi connectivity index (χ0n) is 10.3. The van der Waals surface area contributed by atoms with Crippen LogP contribution in [0.3, 0.4) is 0 Å². The number of nitrogens with one attached hydrogen (secondary N) is 1. The van der Waals surface area contributed by atoms with Gasteiger partial charge in [-0.1, -0.05) is 18.2 Å². The van der Waals surface area contributed by atoms with Crippen molar-refractivity contribution in [1.29, 1.82) is 0 Å². The van der Waals surface area contributed by atoms with E-state index in [9.17, 15) is 5.11 Å². The van der Waals surface area contributed by atoms with Gasteiger partial charge in [0.25, 0.3) is 0 Å². The molecular weight excluding hydrogens is 308 g/mol. The summed E-state index contributed by atoms with van der Waals surface area (Å²) in [7, 11) is 1.50. The standard InChI is InChI=1S/C14H13BrN2O2/c1-19-14-12(15)7-10(8-13(14)18)9-16-17-11-5-3-2-4-6-11/h2-9,17-18H,1H3. The van der Waals surface area contributed by atoms with Crippen LogP contribution >= 0.6 is 15.9 Å². The topological polar surface area (TPSA) is 53.9 Å². The van der Waals surface area contributed by atoms with E-state index in [-0.39, 0.29) is 5.75 Å². The lowest BCUT2D eigenvalue weighted by Gasteiger charge is -2.06. The molecule has 0 saturated carbocycles. The minimum Gasteiger partial charge on any atom is -0.504 e. The average molecular weight is 321 g/mol. The molecule has 0 aromatic heterocycles. The predicted octanol–water partition coefficient (Wildman–Crippen LogP) is 3.61. The number of nitrogens with zero attached hydrogens (tertiary/aromatic N) is 1. The van der Waals surface area contributed by atoms with Crippen molar-refractivity contribution < 1.29 is 9.84 Å². The highest BCUT2D eigenvalue weighted by Crippen LogP contribution is 2.34. The third kappa shape index (κ3) is 3.48. The van der Waals surface area contributed by atoms with Crippen LogP contribution in [0, 0.1) is 0 Å². The molecule has 19 heavy (non-hydrogen) atoms. The lowest BCUT2D eigenvalue weighted by Crippen LogP contribution is -1.92. The maximum Gasteiger partial charge on any atom is 0.174 e. The number of phenols is 1. The summed E-state index contributed by atoms with van der Waals surface area (Å²) >= 11 is 3.33. The van der Waals surface area contributed by atoms with Crippen LogP contribution < -0.4 is 10.2 Å². The molecule has 2 aromatic carbocycles. The first-order valence-corrected chi connectivity index (χ1v) is 6.40. The van der Waals surface area contributed by atoms with Crippen molar-refractivity contribution >= 4 is 27.8 Å². The quantitative estimate of drug-likeness (QED) is 0.668. The molecule has 4 nitrogen and oxygen atoms in total. The summed E-state index contributed by atoms with van der Waals surface area (Å²) < 4.78 is 5.72. The zero-order valence-corrected chi connectivity index (χ0v) is 11.9. The highest BCUT2D eigenvalue weighted by atomic mass is 79.9. The minimum atomic E-state index is 0.0676. The number of para-hydroxylation sites is 1. The molecule has 2 N–H and O–H groups in total. The van der Waals surface area contributed by atoms with Gasteiger partial charge in [0.2, 0.25) is 0 Å². The van der Waals surface area contributed by atoms with E-state index in [0.717, 1.165) is 11.3 Å². The van der Waals surface area contributed by atoms with Crippen molar-refractivity contribution in [3.8, 4) is 11.5 Å². The van der Waals surface area contributed by atoms with Gasteiger partial charge in [-0.3, -0.25) is 5.43 Å². The second-order valence-electron chi connectivity index (χ2n) is 3.79. The Bertz CT molecular complexity index is 562. The van der Waals surface area contributed by atoms with Crippen LogP contribution in [0.2, 0.25) is 0 Å². The molecule has 0 aliphatic rings. The molecular formula is C14H13BrN2O2. The lowest BCUT2D eigenvalue weighted by atomic mass is 10.2. The Kier molecular flexibility index (Phi) is 4.41. The van der Waals surface area contributed by atoms with Gasteiger partial charge in [-0.15, -0.1) is 0 Å². The van der Waals surface area contributed by atoms with Crippen LogP contribution in [-0.4, -0.2) is 18.4 Å². The zero-order chi connectivity index (χ0) is 13.7. The van der Waals surface area contributed by atoms with E-state index in [1.165, 1.54) is 7.11 Å². The molecule has 0 spiro atoms. The van der Waals surface area contributed by atoms with Gasteiger partial charge in [0.15, 0.2) is 11.5 Å².